The van der Waals surface area contributed by atoms with E-state index in [4.69, 9.17) is 0 Å². The average Bonchev–Trinajstić information content (AvgIpc) is 2.26. The van der Waals surface area contributed by atoms with E-state index in [9.17, 15) is 4.21 Å². The Labute approximate surface area is 91.9 Å². The van der Waals surface area contributed by atoms with E-state index in [0.717, 1.165) is 4.90 Å². The van der Waals surface area contributed by atoms with Crippen molar-refractivity contribution in [1.29, 1.82) is 0 Å². The van der Waals surface area contributed by atoms with Crippen LogP contribution in [0.25, 0.3) is 0 Å². The van der Waals surface area contributed by atoms with Gasteiger partial charge in [-0.1, -0.05) is 18.2 Å². The summed E-state index contributed by atoms with van der Waals surface area (Å²) in [4.78, 5) is 0.787. The lowest BCUT2D eigenvalue weighted by molar-refractivity contribution is 0.678. The van der Waals surface area contributed by atoms with Gasteiger partial charge >= 0.3 is 0 Å². The molecule has 1 rings (SSSR count). The molecule has 1 aromatic rings. The first-order valence-electron chi connectivity index (χ1n) is 4.79. The second-order valence-electron chi connectivity index (χ2n) is 3.15. The van der Waals surface area contributed by atoms with Gasteiger partial charge < -0.3 is 0 Å². The monoisotopic (exact) mass is 221 g/mol. The lowest BCUT2D eigenvalue weighted by atomic mass is 10.4. The molecule has 0 N–H and O–H groups in total. The fourth-order valence-electron chi connectivity index (χ4n) is 1.15. The first-order chi connectivity index (χ1) is 7.17. The quantitative estimate of drug-likeness (QED) is 0.569. The molecule has 0 heterocycles. The predicted molar refractivity (Wildman–Crippen MR) is 64.1 cm³/mol. The summed E-state index contributed by atoms with van der Waals surface area (Å²) in [5.41, 5.74) is 0. The van der Waals surface area contributed by atoms with Gasteiger partial charge in [-0.15, -0.1) is 11.8 Å². The molecule has 0 saturated heterocycles. The maximum Gasteiger partial charge on any atom is 0.0723 e. The lowest BCUT2D eigenvalue weighted by Crippen LogP contribution is -1.98. The van der Waals surface area contributed by atoms with Crippen molar-refractivity contribution in [2.75, 3.05) is 12.8 Å². The summed E-state index contributed by atoms with van der Waals surface area (Å²) >= 11 is 0. The number of hydrogen-bond acceptors (Lipinski definition) is 2. The highest BCUT2D eigenvalue weighted by atomic mass is 32.2. The summed E-state index contributed by atoms with van der Waals surface area (Å²) in [7, 11) is -2.23. The minimum atomic E-state index is -2.23. The molecular formula is C12H15NOS. The third-order valence-corrected chi connectivity index (χ3v) is 3.75. The average molecular weight is 221 g/mol. The Morgan fingerprint density at radius 1 is 1.33 bits per heavy atom. The van der Waals surface area contributed by atoms with Crippen LogP contribution in [0.15, 0.2) is 39.6 Å². The number of rotatable bonds is 3. The van der Waals surface area contributed by atoms with Crippen molar-refractivity contribution in [1.82, 2.24) is 0 Å². The van der Waals surface area contributed by atoms with Crippen LogP contribution in [0.1, 0.15) is 13.3 Å². The summed E-state index contributed by atoms with van der Waals surface area (Å²) in [6, 6.07) is 9.34. The zero-order valence-corrected chi connectivity index (χ0v) is 9.88. The van der Waals surface area contributed by atoms with E-state index in [0.29, 0.717) is 13.0 Å². The highest BCUT2D eigenvalue weighted by Gasteiger charge is 2.02. The van der Waals surface area contributed by atoms with Crippen molar-refractivity contribution in [3.8, 4) is 11.8 Å². The molecule has 0 saturated carbocycles. The lowest BCUT2D eigenvalue weighted by Gasteiger charge is -2.02. The smallest absolute Gasteiger partial charge is 0.0723 e. The molecule has 0 amide bonds. The Hall–Kier alpha value is -1.27. The maximum atomic E-state index is 12.1. The third-order valence-electron chi connectivity index (χ3n) is 1.93. The summed E-state index contributed by atoms with van der Waals surface area (Å²) in [6.45, 7) is 2.32. The molecule has 0 aromatic heterocycles. The van der Waals surface area contributed by atoms with Gasteiger partial charge in [-0.2, -0.15) is 0 Å². The molecular weight excluding hydrogens is 206 g/mol. The topological polar surface area (TPSA) is 29.4 Å². The predicted octanol–water partition coefficient (Wildman–Crippen LogP) is 2.56. The Balaban J connectivity index is 2.82. The summed E-state index contributed by atoms with van der Waals surface area (Å²) in [5, 5.41) is 0. The Bertz CT molecular complexity index is 473. The Morgan fingerprint density at radius 2 is 2.00 bits per heavy atom. The number of hydrogen-bond donors (Lipinski definition) is 0. The van der Waals surface area contributed by atoms with Gasteiger partial charge in [0.25, 0.3) is 0 Å². The Kier molecular flexibility index (Phi) is 4.38. The standard InChI is InChI=1S/C12H15NOS/c1-3-4-8-11-13-15(2,14)12-9-6-5-7-10-12/h5-7,9-10H,8,11H2,1-2H3/t15-/m1/s1. The van der Waals surface area contributed by atoms with Crippen molar-refractivity contribution in [3.05, 3.63) is 30.3 Å². The van der Waals surface area contributed by atoms with Crippen molar-refractivity contribution in [3.63, 3.8) is 0 Å². The molecule has 2 nitrogen and oxygen atoms in total. The van der Waals surface area contributed by atoms with E-state index in [1.54, 1.807) is 13.2 Å². The van der Waals surface area contributed by atoms with Gasteiger partial charge in [-0.25, -0.2) is 8.57 Å². The van der Waals surface area contributed by atoms with Gasteiger partial charge in [0, 0.05) is 17.6 Å². The molecule has 80 valence electrons. The highest BCUT2D eigenvalue weighted by molar-refractivity contribution is 7.93. The van der Waals surface area contributed by atoms with Crippen LogP contribution in [0.4, 0.5) is 0 Å². The molecule has 1 aromatic carbocycles. The normalized spacial score (nSPS) is 13.5. The van der Waals surface area contributed by atoms with Gasteiger partial charge in [0.15, 0.2) is 0 Å². The van der Waals surface area contributed by atoms with Gasteiger partial charge in [0.1, 0.15) is 0 Å². The van der Waals surface area contributed by atoms with Crippen LogP contribution in [-0.4, -0.2) is 17.0 Å². The summed E-state index contributed by atoms with van der Waals surface area (Å²) in [5.74, 6) is 5.69. The summed E-state index contributed by atoms with van der Waals surface area (Å²) < 4.78 is 16.3. The van der Waals surface area contributed by atoms with E-state index >= 15 is 0 Å². The van der Waals surface area contributed by atoms with Crippen molar-refractivity contribution in [2.24, 2.45) is 4.36 Å². The van der Waals surface area contributed by atoms with Gasteiger partial charge in [-0.05, 0) is 19.1 Å². The highest BCUT2D eigenvalue weighted by Crippen LogP contribution is 2.10. The second kappa shape index (κ2) is 5.57. The zero-order valence-electron chi connectivity index (χ0n) is 9.06. The van der Waals surface area contributed by atoms with E-state index in [2.05, 4.69) is 16.2 Å². The first kappa shape index (κ1) is 11.8. The van der Waals surface area contributed by atoms with E-state index in [1.807, 2.05) is 30.3 Å². The minimum Gasteiger partial charge on any atom is -0.245 e. The van der Waals surface area contributed by atoms with Crippen LogP contribution in [0.5, 0.6) is 0 Å². The Morgan fingerprint density at radius 3 is 2.60 bits per heavy atom. The number of benzene rings is 1. The summed E-state index contributed by atoms with van der Waals surface area (Å²) in [6.07, 6.45) is 2.34. The zero-order chi connectivity index (χ0) is 11.1. The largest absolute Gasteiger partial charge is 0.245 e. The van der Waals surface area contributed by atoms with E-state index < -0.39 is 9.73 Å². The van der Waals surface area contributed by atoms with Crippen LogP contribution >= 0.6 is 0 Å². The van der Waals surface area contributed by atoms with Gasteiger partial charge in [0.05, 0.1) is 16.3 Å². The van der Waals surface area contributed by atoms with Crippen molar-refractivity contribution < 1.29 is 4.21 Å². The molecule has 0 aliphatic rings. The van der Waals surface area contributed by atoms with Crippen LogP contribution in [-0.2, 0) is 9.73 Å². The van der Waals surface area contributed by atoms with Crippen molar-refractivity contribution >= 4 is 9.73 Å². The van der Waals surface area contributed by atoms with Gasteiger partial charge in [-0.3, -0.25) is 0 Å². The third kappa shape index (κ3) is 3.77. The van der Waals surface area contributed by atoms with Crippen molar-refractivity contribution in [2.45, 2.75) is 18.2 Å². The SMILES string of the molecule is CC#CCCN=[S@](C)(=O)c1ccccc1. The molecule has 0 aliphatic carbocycles. The maximum absolute atomic E-state index is 12.1. The second-order valence-corrected chi connectivity index (χ2v) is 5.48. The minimum absolute atomic E-state index is 0.533. The van der Waals surface area contributed by atoms with E-state index in [1.165, 1.54) is 0 Å². The first-order valence-corrected chi connectivity index (χ1v) is 6.72. The molecule has 0 bridgehead atoms. The molecule has 0 unspecified atom stereocenters. The fourth-order valence-corrected chi connectivity index (χ4v) is 2.40. The molecule has 0 aliphatic heterocycles. The van der Waals surface area contributed by atoms with Crippen LogP contribution in [0, 0.1) is 11.8 Å². The molecule has 3 heteroatoms. The molecule has 0 spiro atoms. The number of nitrogens with zero attached hydrogens (tertiary/aromatic N) is 1. The molecule has 1 atom stereocenters. The molecule has 0 radical (unpaired) electrons. The van der Waals surface area contributed by atoms with E-state index in [-0.39, 0.29) is 0 Å². The fraction of sp³-hybridized carbons (Fsp3) is 0.333. The van der Waals surface area contributed by atoms with Gasteiger partial charge in [0.2, 0.25) is 0 Å². The van der Waals surface area contributed by atoms with Crippen LogP contribution < -0.4 is 0 Å². The molecule has 15 heavy (non-hydrogen) atoms. The van der Waals surface area contributed by atoms with Crippen LogP contribution in [0.2, 0.25) is 0 Å². The van der Waals surface area contributed by atoms with Crippen LogP contribution in [0.3, 0.4) is 0 Å². The molecule has 0 fully saturated rings.